The molecular formula is C15H12BrN3O4. The van der Waals surface area contributed by atoms with Crippen molar-refractivity contribution in [2.24, 2.45) is 7.05 Å². The second-order valence-electron chi connectivity index (χ2n) is 4.82. The van der Waals surface area contributed by atoms with Crippen molar-refractivity contribution in [1.82, 2.24) is 9.55 Å². The van der Waals surface area contributed by atoms with E-state index in [1.54, 1.807) is 38.2 Å². The maximum Gasteiger partial charge on any atom is 0.360 e. The zero-order chi connectivity index (χ0) is 16.7. The number of fused-ring (bicyclic) bond motifs is 1. The van der Waals surface area contributed by atoms with E-state index in [2.05, 4.69) is 20.9 Å². The number of aromatic nitrogens is 2. The molecule has 0 radical (unpaired) electrons. The van der Waals surface area contributed by atoms with Crippen LogP contribution in [-0.2, 0) is 11.8 Å². The van der Waals surface area contributed by atoms with Crippen LogP contribution in [0, 0.1) is 0 Å². The van der Waals surface area contributed by atoms with Gasteiger partial charge in [-0.05, 0) is 35.0 Å². The zero-order valence-electron chi connectivity index (χ0n) is 12.4. The number of esters is 1. The second kappa shape index (κ2) is 5.62. The van der Waals surface area contributed by atoms with Gasteiger partial charge in [0.1, 0.15) is 0 Å². The Kier molecular flexibility index (Phi) is 3.77. The smallest absolute Gasteiger partial charge is 0.360 e. The molecule has 1 aliphatic heterocycles. The van der Waals surface area contributed by atoms with Crippen LogP contribution in [0.2, 0.25) is 0 Å². The minimum Gasteiger partial charge on any atom is -0.461 e. The molecule has 0 bridgehead atoms. The molecule has 3 rings (SSSR count). The molecule has 23 heavy (non-hydrogen) atoms. The minimum absolute atomic E-state index is 0.0847. The van der Waals surface area contributed by atoms with Gasteiger partial charge in [0.15, 0.2) is 16.2 Å². The average molecular weight is 378 g/mol. The number of amides is 2. The van der Waals surface area contributed by atoms with Crippen LogP contribution >= 0.6 is 15.9 Å². The van der Waals surface area contributed by atoms with Crippen LogP contribution in [0.25, 0.3) is 0 Å². The van der Waals surface area contributed by atoms with E-state index < -0.39 is 17.8 Å². The van der Waals surface area contributed by atoms with E-state index in [4.69, 9.17) is 4.74 Å². The van der Waals surface area contributed by atoms with Gasteiger partial charge in [0, 0.05) is 7.05 Å². The number of hydrogen-bond donors (Lipinski definition) is 0. The topological polar surface area (TPSA) is 81.5 Å². The van der Waals surface area contributed by atoms with Crippen molar-refractivity contribution in [1.29, 1.82) is 0 Å². The van der Waals surface area contributed by atoms with E-state index in [1.807, 2.05) is 0 Å². The van der Waals surface area contributed by atoms with E-state index in [0.717, 1.165) is 4.90 Å². The molecule has 0 unspecified atom stereocenters. The Bertz CT molecular complexity index is 808. The highest BCUT2D eigenvalue weighted by atomic mass is 79.9. The molecule has 7 nitrogen and oxygen atoms in total. The highest BCUT2D eigenvalue weighted by molar-refractivity contribution is 9.10. The molecule has 1 aliphatic rings. The average Bonchev–Trinajstić information content (AvgIpc) is 2.96. The molecule has 0 spiro atoms. The number of hydrogen-bond acceptors (Lipinski definition) is 5. The van der Waals surface area contributed by atoms with E-state index in [-0.39, 0.29) is 18.1 Å². The third-order valence-corrected chi connectivity index (χ3v) is 4.19. The van der Waals surface area contributed by atoms with Gasteiger partial charge in [-0.3, -0.25) is 9.59 Å². The summed E-state index contributed by atoms with van der Waals surface area (Å²) in [4.78, 5) is 42.3. The molecule has 2 heterocycles. The summed E-state index contributed by atoms with van der Waals surface area (Å²) in [6, 6.07) is 6.51. The quantitative estimate of drug-likeness (QED) is 0.604. The Balaban J connectivity index is 2.15. The summed E-state index contributed by atoms with van der Waals surface area (Å²) in [5.74, 6) is -1.60. The van der Waals surface area contributed by atoms with Crippen molar-refractivity contribution in [2.45, 2.75) is 6.92 Å². The van der Waals surface area contributed by atoms with Gasteiger partial charge in [-0.2, -0.15) is 0 Å². The molecule has 0 saturated carbocycles. The Morgan fingerprint density at radius 2 is 1.78 bits per heavy atom. The second-order valence-corrected chi connectivity index (χ2v) is 5.53. The van der Waals surface area contributed by atoms with Crippen LogP contribution in [0.15, 0.2) is 29.0 Å². The lowest BCUT2D eigenvalue weighted by Gasteiger charge is -2.15. The molecule has 1 aromatic heterocycles. The molecule has 0 N–H and O–H groups in total. The van der Waals surface area contributed by atoms with E-state index in [0.29, 0.717) is 15.9 Å². The van der Waals surface area contributed by atoms with Crippen LogP contribution in [0.5, 0.6) is 0 Å². The van der Waals surface area contributed by atoms with Crippen LogP contribution in [0.3, 0.4) is 0 Å². The van der Waals surface area contributed by atoms with Gasteiger partial charge >= 0.3 is 5.97 Å². The first kappa shape index (κ1) is 15.4. The lowest BCUT2D eigenvalue weighted by Crippen LogP contribution is -2.32. The Hall–Kier alpha value is -2.48. The number of carbonyl (C=O) groups is 3. The molecule has 2 amide bonds. The predicted molar refractivity (Wildman–Crippen MR) is 84.4 cm³/mol. The normalized spacial score (nSPS) is 13.4. The third-order valence-electron chi connectivity index (χ3n) is 3.48. The minimum atomic E-state index is -0.694. The molecule has 0 saturated heterocycles. The highest BCUT2D eigenvalue weighted by Crippen LogP contribution is 2.32. The maximum absolute atomic E-state index is 12.6. The molecule has 0 fully saturated rings. The van der Waals surface area contributed by atoms with Gasteiger partial charge in [-0.1, -0.05) is 12.1 Å². The standard InChI is InChI=1S/C15H12BrN3O4/c1-3-23-14(22)10-11(18(2)15(16)17-10)19-12(20)8-6-4-5-7-9(8)13(19)21/h4-7H,3H2,1-2H3. The fourth-order valence-electron chi connectivity index (χ4n) is 2.44. The summed E-state index contributed by atoms with van der Waals surface area (Å²) < 4.78 is 6.72. The molecule has 8 heteroatoms. The molecular weight excluding hydrogens is 366 g/mol. The van der Waals surface area contributed by atoms with E-state index in [1.165, 1.54) is 4.57 Å². The summed E-state index contributed by atoms with van der Waals surface area (Å²) in [6.07, 6.45) is 0. The molecule has 2 aromatic rings. The fourth-order valence-corrected chi connectivity index (χ4v) is 2.78. The van der Waals surface area contributed by atoms with Gasteiger partial charge in [0.25, 0.3) is 11.8 Å². The summed E-state index contributed by atoms with van der Waals surface area (Å²) in [7, 11) is 1.60. The number of carbonyl (C=O) groups excluding carboxylic acids is 3. The third kappa shape index (κ3) is 2.26. The monoisotopic (exact) mass is 377 g/mol. The van der Waals surface area contributed by atoms with Gasteiger partial charge in [0.2, 0.25) is 0 Å². The zero-order valence-corrected chi connectivity index (χ0v) is 14.0. The van der Waals surface area contributed by atoms with Crippen molar-refractivity contribution >= 4 is 39.5 Å². The number of rotatable bonds is 3. The number of ether oxygens (including phenoxy) is 1. The maximum atomic E-state index is 12.6. The first-order chi connectivity index (χ1) is 11.0. The molecule has 0 aliphatic carbocycles. The summed E-state index contributed by atoms with van der Waals surface area (Å²) in [5, 5.41) is 0. The molecule has 1 aromatic carbocycles. The Morgan fingerprint density at radius 3 is 2.30 bits per heavy atom. The van der Waals surface area contributed by atoms with Crippen molar-refractivity contribution in [3.8, 4) is 0 Å². The molecule has 118 valence electrons. The van der Waals surface area contributed by atoms with Crippen LogP contribution < -0.4 is 4.90 Å². The number of halogens is 1. The van der Waals surface area contributed by atoms with E-state index in [9.17, 15) is 14.4 Å². The van der Waals surface area contributed by atoms with Crippen molar-refractivity contribution in [3.63, 3.8) is 0 Å². The van der Waals surface area contributed by atoms with Crippen molar-refractivity contribution in [2.75, 3.05) is 11.5 Å². The first-order valence-corrected chi connectivity index (χ1v) is 7.63. The number of anilines is 1. The number of nitrogens with zero attached hydrogens (tertiary/aromatic N) is 3. The van der Waals surface area contributed by atoms with Crippen LogP contribution in [0.1, 0.15) is 38.1 Å². The number of imide groups is 1. The Labute approximate surface area is 140 Å². The van der Waals surface area contributed by atoms with Crippen LogP contribution in [0.4, 0.5) is 5.82 Å². The SMILES string of the molecule is CCOC(=O)c1nc(Br)n(C)c1N1C(=O)c2ccccc2C1=O. The number of imidazole rings is 1. The predicted octanol–water partition coefficient (Wildman–Crippen LogP) is 2.16. The summed E-state index contributed by atoms with van der Waals surface area (Å²) in [6.45, 7) is 1.83. The largest absolute Gasteiger partial charge is 0.461 e. The lowest BCUT2D eigenvalue weighted by atomic mass is 10.1. The molecule has 0 atom stereocenters. The van der Waals surface area contributed by atoms with Crippen molar-refractivity contribution < 1.29 is 19.1 Å². The van der Waals surface area contributed by atoms with Gasteiger partial charge in [-0.25, -0.2) is 14.7 Å². The van der Waals surface area contributed by atoms with Gasteiger partial charge in [-0.15, -0.1) is 0 Å². The first-order valence-electron chi connectivity index (χ1n) is 6.84. The number of benzene rings is 1. The van der Waals surface area contributed by atoms with E-state index >= 15 is 0 Å². The lowest BCUT2D eigenvalue weighted by molar-refractivity contribution is 0.0521. The van der Waals surface area contributed by atoms with Gasteiger partial charge < -0.3 is 9.30 Å². The fraction of sp³-hybridized carbons (Fsp3) is 0.200. The summed E-state index contributed by atoms with van der Waals surface area (Å²) in [5.41, 5.74) is 0.505. The highest BCUT2D eigenvalue weighted by Gasteiger charge is 2.41. The van der Waals surface area contributed by atoms with Crippen LogP contribution in [-0.4, -0.2) is 33.9 Å². The van der Waals surface area contributed by atoms with Crippen molar-refractivity contribution in [3.05, 3.63) is 45.8 Å². The summed E-state index contributed by atoms with van der Waals surface area (Å²) >= 11 is 3.20. The van der Waals surface area contributed by atoms with Gasteiger partial charge in [0.05, 0.1) is 17.7 Å². The Morgan fingerprint density at radius 1 is 1.22 bits per heavy atom.